The molecule has 0 bridgehead atoms. The minimum atomic E-state index is -4.43. The SMILES string of the molecule is COC(=O)c1ccc([C@H](C)NC(O)c2cn(CCF)c3nccc(Cc4ccc(C(F)(F)F)cc4)c23)cc1. The lowest BCUT2D eigenvalue weighted by Crippen LogP contribution is -2.24. The van der Waals surface area contributed by atoms with Crippen LogP contribution in [0, 0.1) is 0 Å². The predicted molar refractivity (Wildman–Crippen MR) is 134 cm³/mol. The molecule has 2 N–H and O–H groups in total. The van der Waals surface area contributed by atoms with Crippen LogP contribution in [0.15, 0.2) is 67.0 Å². The molecular formula is C28H27F4N3O3. The van der Waals surface area contributed by atoms with Gasteiger partial charge in [-0.25, -0.2) is 14.2 Å². The molecule has 6 nitrogen and oxygen atoms in total. The number of hydrogen-bond acceptors (Lipinski definition) is 5. The number of ether oxygens (including phenoxy) is 1. The third kappa shape index (κ3) is 5.87. The Morgan fingerprint density at radius 2 is 1.79 bits per heavy atom. The number of aryl methyl sites for hydroxylation is 1. The summed E-state index contributed by atoms with van der Waals surface area (Å²) in [5.74, 6) is -0.453. The number of pyridine rings is 1. The average Bonchev–Trinajstić information content (AvgIpc) is 3.28. The van der Waals surface area contributed by atoms with Crippen LogP contribution in [-0.2, 0) is 23.9 Å². The Morgan fingerprint density at radius 1 is 1.11 bits per heavy atom. The maximum Gasteiger partial charge on any atom is 0.416 e. The number of nitrogens with zero attached hydrogens (tertiary/aromatic N) is 2. The Balaban J connectivity index is 1.64. The summed E-state index contributed by atoms with van der Waals surface area (Å²) < 4.78 is 58.5. The van der Waals surface area contributed by atoms with E-state index in [9.17, 15) is 27.5 Å². The Labute approximate surface area is 216 Å². The zero-order valence-corrected chi connectivity index (χ0v) is 20.8. The van der Waals surface area contributed by atoms with Gasteiger partial charge >= 0.3 is 12.1 Å². The highest BCUT2D eigenvalue weighted by Gasteiger charge is 2.30. The van der Waals surface area contributed by atoms with Crippen LogP contribution in [0.3, 0.4) is 0 Å². The van der Waals surface area contributed by atoms with E-state index in [1.54, 1.807) is 47.3 Å². The first-order valence-corrected chi connectivity index (χ1v) is 11.9. The number of aliphatic hydroxyl groups excluding tert-OH is 1. The molecule has 0 aliphatic heterocycles. The van der Waals surface area contributed by atoms with Crippen molar-refractivity contribution in [1.82, 2.24) is 14.9 Å². The largest absolute Gasteiger partial charge is 0.465 e. The van der Waals surface area contributed by atoms with Gasteiger partial charge in [-0.2, -0.15) is 13.2 Å². The number of halogens is 4. The molecule has 4 rings (SSSR count). The van der Waals surface area contributed by atoms with Crippen molar-refractivity contribution in [3.63, 3.8) is 0 Å². The zero-order valence-electron chi connectivity index (χ0n) is 20.8. The van der Waals surface area contributed by atoms with Gasteiger partial charge in [0.25, 0.3) is 0 Å². The number of methoxy groups -OCH3 is 1. The van der Waals surface area contributed by atoms with Crippen LogP contribution in [0.25, 0.3) is 11.0 Å². The number of nitrogens with one attached hydrogen (secondary N) is 1. The average molecular weight is 530 g/mol. The summed E-state index contributed by atoms with van der Waals surface area (Å²) in [6, 6.07) is 13.1. The van der Waals surface area contributed by atoms with Crippen LogP contribution in [-0.4, -0.2) is 34.4 Å². The molecule has 0 aliphatic carbocycles. The molecule has 2 heterocycles. The summed E-state index contributed by atoms with van der Waals surface area (Å²) in [4.78, 5) is 16.1. The lowest BCUT2D eigenvalue weighted by atomic mass is 9.99. The van der Waals surface area contributed by atoms with Gasteiger partial charge in [-0.05, 0) is 60.4 Å². The van der Waals surface area contributed by atoms with Crippen molar-refractivity contribution < 1.29 is 32.2 Å². The van der Waals surface area contributed by atoms with E-state index < -0.39 is 30.6 Å². The van der Waals surface area contributed by atoms with Crippen LogP contribution in [0.1, 0.15) is 57.4 Å². The highest BCUT2D eigenvalue weighted by atomic mass is 19.4. The lowest BCUT2D eigenvalue weighted by Gasteiger charge is -2.20. The zero-order chi connectivity index (χ0) is 27.4. The van der Waals surface area contributed by atoms with Crippen LogP contribution in [0.5, 0.6) is 0 Å². The highest BCUT2D eigenvalue weighted by molar-refractivity contribution is 5.89. The topological polar surface area (TPSA) is 76.4 Å². The van der Waals surface area contributed by atoms with Gasteiger partial charge in [0.05, 0.1) is 24.8 Å². The molecule has 200 valence electrons. The van der Waals surface area contributed by atoms with E-state index >= 15 is 0 Å². The molecule has 0 spiro atoms. The Kier molecular flexibility index (Phi) is 8.13. The first-order chi connectivity index (χ1) is 18.1. The molecule has 0 saturated carbocycles. The minimum absolute atomic E-state index is 0.0322. The molecule has 2 aromatic carbocycles. The predicted octanol–water partition coefficient (Wildman–Crippen LogP) is 5.74. The van der Waals surface area contributed by atoms with Crippen molar-refractivity contribution in [2.75, 3.05) is 13.8 Å². The summed E-state index contributed by atoms with van der Waals surface area (Å²) in [7, 11) is 1.30. The first kappa shape index (κ1) is 27.3. The Bertz CT molecular complexity index is 1400. The standard InChI is InChI=1S/C28H27F4N3O3/c1-17(19-5-7-20(8-6-19)27(37)38-2)34-26(36)23-16-35(14-12-29)25-24(23)21(11-13-33-25)15-18-3-9-22(10-4-18)28(30,31)32/h3-11,13,16-17,26,34,36H,12,14-15H2,1-2H3/t17-,26?/m0/s1. The maximum absolute atomic E-state index is 13.3. The van der Waals surface area contributed by atoms with Crippen LogP contribution < -0.4 is 5.32 Å². The molecule has 0 radical (unpaired) electrons. The second kappa shape index (κ2) is 11.3. The summed E-state index contributed by atoms with van der Waals surface area (Å²) in [5.41, 5.74) is 2.81. The van der Waals surface area contributed by atoms with Crippen LogP contribution in [0.2, 0.25) is 0 Å². The van der Waals surface area contributed by atoms with Gasteiger partial charge in [-0.15, -0.1) is 0 Å². The number of carbonyl (C=O) groups excluding carboxylic acids is 1. The van der Waals surface area contributed by atoms with Crippen molar-refractivity contribution in [1.29, 1.82) is 0 Å². The molecule has 2 atom stereocenters. The summed E-state index contributed by atoms with van der Waals surface area (Å²) >= 11 is 0. The summed E-state index contributed by atoms with van der Waals surface area (Å²) in [6.45, 7) is 1.24. The van der Waals surface area contributed by atoms with Gasteiger partial charge in [-0.1, -0.05) is 24.3 Å². The normalized spacial score (nSPS) is 13.4. The maximum atomic E-state index is 13.3. The molecular weight excluding hydrogens is 502 g/mol. The van der Waals surface area contributed by atoms with Crippen molar-refractivity contribution in [2.45, 2.75) is 38.3 Å². The molecule has 1 unspecified atom stereocenters. The summed E-state index contributed by atoms with van der Waals surface area (Å²) in [5, 5.41) is 14.9. The number of fused-ring (bicyclic) bond motifs is 1. The molecule has 2 aromatic heterocycles. The van der Waals surface area contributed by atoms with Gasteiger partial charge in [-0.3, -0.25) is 5.32 Å². The van der Waals surface area contributed by atoms with Crippen LogP contribution in [0.4, 0.5) is 17.6 Å². The van der Waals surface area contributed by atoms with E-state index in [-0.39, 0.29) is 12.6 Å². The molecule has 0 aliphatic rings. The fraction of sp³-hybridized carbons (Fsp3) is 0.286. The summed E-state index contributed by atoms with van der Waals surface area (Å²) in [6.07, 6.45) is -2.10. The third-order valence-electron chi connectivity index (χ3n) is 6.41. The van der Waals surface area contributed by atoms with Gasteiger partial charge in [0, 0.05) is 29.4 Å². The van der Waals surface area contributed by atoms with Gasteiger partial charge in [0.15, 0.2) is 0 Å². The molecule has 0 amide bonds. The quantitative estimate of drug-likeness (QED) is 0.164. The number of aliphatic hydroxyl groups is 1. The number of rotatable bonds is 9. The van der Waals surface area contributed by atoms with E-state index in [4.69, 9.17) is 4.74 Å². The molecule has 38 heavy (non-hydrogen) atoms. The third-order valence-corrected chi connectivity index (χ3v) is 6.41. The number of aromatic nitrogens is 2. The van der Waals surface area contributed by atoms with Gasteiger partial charge < -0.3 is 14.4 Å². The number of benzene rings is 2. The van der Waals surface area contributed by atoms with Crippen molar-refractivity contribution >= 4 is 17.0 Å². The fourth-order valence-corrected chi connectivity index (χ4v) is 4.41. The molecule has 10 heteroatoms. The number of carbonyl (C=O) groups is 1. The smallest absolute Gasteiger partial charge is 0.416 e. The first-order valence-electron chi connectivity index (χ1n) is 11.9. The second-order valence-electron chi connectivity index (χ2n) is 8.91. The number of hydrogen-bond donors (Lipinski definition) is 2. The highest BCUT2D eigenvalue weighted by Crippen LogP contribution is 2.32. The van der Waals surface area contributed by atoms with Gasteiger partial charge in [0.2, 0.25) is 0 Å². The Hall–Kier alpha value is -3.76. The van der Waals surface area contributed by atoms with Crippen molar-refractivity contribution in [3.05, 3.63) is 100 Å². The fourth-order valence-electron chi connectivity index (χ4n) is 4.41. The van der Waals surface area contributed by atoms with Crippen molar-refractivity contribution in [2.24, 2.45) is 0 Å². The van der Waals surface area contributed by atoms with Crippen molar-refractivity contribution in [3.8, 4) is 0 Å². The number of esters is 1. The molecule has 4 aromatic rings. The van der Waals surface area contributed by atoms with E-state index in [1.807, 2.05) is 6.92 Å². The van der Waals surface area contributed by atoms with E-state index in [0.717, 1.165) is 23.3 Å². The molecule has 0 saturated heterocycles. The monoisotopic (exact) mass is 529 g/mol. The minimum Gasteiger partial charge on any atom is -0.465 e. The van der Waals surface area contributed by atoms with E-state index in [0.29, 0.717) is 34.1 Å². The number of alkyl halides is 4. The van der Waals surface area contributed by atoms with E-state index in [1.165, 1.54) is 19.2 Å². The lowest BCUT2D eigenvalue weighted by molar-refractivity contribution is -0.137. The molecule has 0 fully saturated rings. The second-order valence-corrected chi connectivity index (χ2v) is 8.91. The van der Waals surface area contributed by atoms with Crippen LogP contribution >= 0.6 is 0 Å². The van der Waals surface area contributed by atoms with E-state index in [2.05, 4.69) is 10.3 Å². The Morgan fingerprint density at radius 3 is 2.39 bits per heavy atom. The van der Waals surface area contributed by atoms with Gasteiger partial charge in [0.1, 0.15) is 18.5 Å².